The van der Waals surface area contributed by atoms with Gasteiger partial charge in [-0.05, 0) is 62.7 Å². The van der Waals surface area contributed by atoms with Crippen LogP contribution in [0.15, 0.2) is 47.4 Å². The van der Waals surface area contributed by atoms with E-state index in [2.05, 4.69) is 5.32 Å². The second kappa shape index (κ2) is 8.92. The van der Waals surface area contributed by atoms with Crippen LogP contribution in [-0.2, 0) is 9.53 Å². The first-order chi connectivity index (χ1) is 11.9. The molecule has 0 saturated carbocycles. The Morgan fingerprint density at radius 3 is 2.52 bits per heavy atom. The van der Waals surface area contributed by atoms with E-state index in [0.717, 1.165) is 10.5 Å². The number of aryl methyl sites for hydroxylation is 1. The molecule has 25 heavy (non-hydrogen) atoms. The van der Waals surface area contributed by atoms with Gasteiger partial charge in [-0.2, -0.15) is 0 Å². The smallest absolute Gasteiger partial charge is 0.338 e. The molecule has 6 heteroatoms. The monoisotopic (exact) mass is 377 g/mol. The van der Waals surface area contributed by atoms with Crippen molar-refractivity contribution in [3.63, 3.8) is 0 Å². The number of halogens is 1. The van der Waals surface area contributed by atoms with Gasteiger partial charge in [0.2, 0.25) is 5.91 Å². The number of thioether (sulfide) groups is 1. The predicted molar refractivity (Wildman–Crippen MR) is 103 cm³/mol. The van der Waals surface area contributed by atoms with Crippen molar-refractivity contribution in [1.29, 1.82) is 0 Å². The molecule has 2 aromatic carbocycles. The molecular formula is C19H20ClNO3S. The highest BCUT2D eigenvalue weighted by molar-refractivity contribution is 8.00. The maximum absolute atomic E-state index is 12.5. The third-order valence-electron chi connectivity index (χ3n) is 3.50. The van der Waals surface area contributed by atoms with Crippen molar-refractivity contribution < 1.29 is 14.3 Å². The minimum atomic E-state index is -0.401. The van der Waals surface area contributed by atoms with E-state index in [9.17, 15) is 9.59 Å². The highest BCUT2D eigenvalue weighted by Crippen LogP contribution is 2.26. The van der Waals surface area contributed by atoms with Gasteiger partial charge in [-0.1, -0.05) is 17.7 Å². The number of ether oxygens (including phenoxy) is 1. The quantitative estimate of drug-likeness (QED) is 0.572. The molecule has 0 unspecified atom stereocenters. The van der Waals surface area contributed by atoms with Crippen LogP contribution in [0.1, 0.15) is 29.8 Å². The molecule has 0 fully saturated rings. The van der Waals surface area contributed by atoms with E-state index < -0.39 is 5.97 Å². The Bertz CT molecular complexity index is 762. The Morgan fingerprint density at radius 2 is 1.88 bits per heavy atom. The third kappa shape index (κ3) is 5.51. The Kier molecular flexibility index (Phi) is 6.91. The van der Waals surface area contributed by atoms with Crippen LogP contribution in [-0.4, -0.2) is 23.7 Å². The fourth-order valence-electron chi connectivity index (χ4n) is 2.10. The lowest BCUT2D eigenvalue weighted by molar-refractivity contribution is -0.115. The van der Waals surface area contributed by atoms with Crippen LogP contribution in [0.3, 0.4) is 0 Å². The van der Waals surface area contributed by atoms with E-state index in [-0.39, 0.29) is 11.2 Å². The molecule has 0 aliphatic rings. The van der Waals surface area contributed by atoms with E-state index in [1.807, 2.05) is 26.0 Å². The average Bonchev–Trinajstić information content (AvgIpc) is 2.59. The molecule has 0 radical (unpaired) electrons. The summed E-state index contributed by atoms with van der Waals surface area (Å²) >= 11 is 7.31. The van der Waals surface area contributed by atoms with E-state index in [1.54, 1.807) is 37.3 Å². The fraction of sp³-hybridized carbons (Fsp3) is 0.263. The van der Waals surface area contributed by atoms with E-state index in [0.29, 0.717) is 22.9 Å². The molecule has 132 valence electrons. The number of rotatable bonds is 6. The number of benzene rings is 2. The van der Waals surface area contributed by atoms with Crippen molar-refractivity contribution in [2.24, 2.45) is 0 Å². The highest BCUT2D eigenvalue weighted by atomic mass is 35.5. The van der Waals surface area contributed by atoms with Crippen molar-refractivity contribution in [2.75, 3.05) is 11.9 Å². The van der Waals surface area contributed by atoms with E-state index in [1.165, 1.54) is 11.8 Å². The summed E-state index contributed by atoms with van der Waals surface area (Å²) in [6, 6.07) is 12.5. The third-order valence-corrected chi connectivity index (χ3v) is 4.87. The molecular weight excluding hydrogens is 358 g/mol. The first kappa shape index (κ1) is 19.3. The zero-order chi connectivity index (χ0) is 18.4. The molecule has 0 saturated heterocycles. The second-order valence-electron chi connectivity index (χ2n) is 5.45. The second-order valence-corrected chi connectivity index (χ2v) is 7.30. The Labute approximate surface area is 156 Å². The van der Waals surface area contributed by atoms with Gasteiger partial charge in [-0.3, -0.25) is 4.79 Å². The van der Waals surface area contributed by atoms with Crippen LogP contribution in [0.4, 0.5) is 5.69 Å². The van der Waals surface area contributed by atoms with E-state index in [4.69, 9.17) is 16.3 Å². The maximum atomic E-state index is 12.5. The molecule has 0 aliphatic heterocycles. The number of carbonyl (C=O) groups excluding carboxylic acids is 2. The molecule has 2 rings (SSSR count). The van der Waals surface area contributed by atoms with Crippen LogP contribution in [0.25, 0.3) is 0 Å². The predicted octanol–water partition coefficient (Wildman–Crippen LogP) is 4.94. The zero-order valence-corrected chi connectivity index (χ0v) is 15.9. The molecule has 0 spiro atoms. The van der Waals surface area contributed by atoms with Gasteiger partial charge < -0.3 is 10.1 Å². The number of esters is 1. The lowest BCUT2D eigenvalue weighted by atomic mass is 10.1. The van der Waals surface area contributed by atoms with Crippen LogP contribution < -0.4 is 5.32 Å². The molecule has 4 nitrogen and oxygen atoms in total. The van der Waals surface area contributed by atoms with Crippen LogP contribution in [0.2, 0.25) is 5.02 Å². The van der Waals surface area contributed by atoms with Crippen LogP contribution >= 0.6 is 23.4 Å². The summed E-state index contributed by atoms with van der Waals surface area (Å²) in [7, 11) is 0. The number of hydrogen-bond donors (Lipinski definition) is 1. The van der Waals surface area contributed by atoms with Crippen molar-refractivity contribution >= 4 is 40.9 Å². The number of carbonyl (C=O) groups is 2. The first-order valence-electron chi connectivity index (χ1n) is 7.91. The molecule has 1 N–H and O–H groups in total. The van der Waals surface area contributed by atoms with Crippen molar-refractivity contribution in [2.45, 2.75) is 30.9 Å². The first-order valence-corrected chi connectivity index (χ1v) is 9.17. The van der Waals surface area contributed by atoms with Gasteiger partial charge in [0.1, 0.15) is 0 Å². The molecule has 0 bridgehead atoms. The fourth-order valence-corrected chi connectivity index (χ4v) is 3.10. The SMILES string of the molecule is CCOC(=O)c1ccc(C)c(NC(=O)[C@@H](C)Sc2ccc(Cl)cc2)c1. The maximum Gasteiger partial charge on any atom is 0.338 e. The molecule has 0 aromatic heterocycles. The van der Waals surface area contributed by atoms with Gasteiger partial charge >= 0.3 is 5.97 Å². The lowest BCUT2D eigenvalue weighted by Crippen LogP contribution is -2.23. The molecule has 1 atom stereocenters. The van der Waals surface area contributed by atoms with Crippen molar-refractivity contribution in [3.05, 3.63) is 58.6 Å². The highest BCUT2D eigenvalue weighted by Gasteiger charge is 2.17. The van der Waals surface area contributed by atoms with E-state index >= 15 is 0 Å². The topological polar surface area (TPSA) is 55.4 Å². The normalized spacial score (nSPS) is 11.7. The van der Waals surface area contributed by atoms with Gasteiger partial charge in [-0.25, -0.2) is 4.79 Å². The largest absolute Gasteiger partial charge is 0.462 e. The Balaban J connectivity index is 2.07. The van der Waals surface area contributed by atoms with Crippen LogP contribution in [0, 0.1) is 6.92 Å². The molecule has 1 amide bonds. The van der Waals surface area contributed by atoms with Crippen LogP contribution in [0.5, 0.6) is 0 Å². The molecule has 0 heterocycles. The standard InChI is InChI=1S/C19H20ClNO3S/c1-4-24-19(23)14-6-5-12(2)17(11-14)21-18(22)13(3)25-16-9-7-15(20)8-10-16/h5-11,13H,4H2,1-3H3,(H,21,22)/t13-/m1/s1. The summed E-state index contributed by atoms with van der Waals surface area (Å²) in [6.07, 6.45) is 0. The minimum Gasteiger partial charge on any atom is -0.462 e. The summed E-state index contributed by atoms with van der Waals surface area (Å²) in [4.78, 5) is 25.3. The summed E-state index contributed by atoms with van der Waals surface area (Å²) in [5, 5.41) is 3.25. The van der Waals surface area contributed by atoms with Gasteiger partial charge in [0.05, 0.1) is 17.4 Å². The summed E-state index contributed by atoms with van der Waals surface area (Å²) in [5.74, 6) is -0.536. The average molecular weight is 378 g/mol. The van der Waals surface area contributed by atoms with Crippen molar-refractivity contribution in [1.82, 2.24) is 0 Å². The summed E-state index contributed by atoms with van der Waals surface area (Å²) < 4.78 is 5.00. The number of anilines is 1. The Morgan fingerprint density at radius 1 is 1.20 bits per heavy atom. The Hall–Kier alpha value is -1.98. The number of hydrogen-bond acceptors (Lipinski definition) is 4. The lowest BCUT2D eigenvalue weighted by Gasteiger charge is -2.14. The van der Waals surface area contributed by atoms with Crippen molar-refractivity contribution in [3.8, 4) is 0 Å². The van der Waals surface area contributed by atoms with Gasteiger partial charge in [0.15, 0.2) is 0 Å². The van der Waals surface area contributed by atoms with Gasteiger partial charge in [-0.15, -0.1) is 11.8 Å². The minimum absolute atomic E-state index is 0.135. The molecule has 0 aliphatic carbocycles. The number of nitrogens with one attached hydrogen (secondary N) is 1. The summed E-state index contributed by atoms with van der Waals surface area (Å²) in [6.45, 7) is 5.77. The van der Waals surface area contributed by atoms with Gasteiger partial charge in [0.25, 0.3) is 0 Å². The summed E-state index contributed by atoms with van der Waals surface area (Å²) in [5.41, 5.74) is 1.91. The zero-order valence-electron chi connectivity index (χ0n) is 14.3. The molecule has 2 aromatic rings. The van der Waals surface area contributed by atoms with Gasteiger partial charge in [0, 0.05) is 15.6 Å². The number of amides is 1.